The van der Waals surface area contributed by atoms with Gasteiger partial charge in [-0.15, -0.1) is 0 Å². The van der Waals surface area contributed by atoms with Crippen molar-refractivity contribution >= 4 is 66.9 Å². The van der Waals surface area contributed by atoms with E-state index in [1.54, 1.807) is 4.90 Å². The van der Waals surface area contributed by atoms with E-state index in [9.17, 15) is 22.8 Å². The third-order valence-electron chi connectivity index (χ3n) is 7.91. The monoisotopic (exact) mass is 668 g/mol. The molecule has 3 unspecified atom stereocenters. The molecule has 2 aliphatic carbocycles. The third-order valence-corrected chi connectivity index (χ3v) is 11.0. The van der Waals surface area contributed by atoms with Gasteiger partial charge in [-0.25, -0.2) is 8.42 Å². The minimum absolute atomic E-state index is 0.00753. The summed E-state index contributed by atoms with van der Waals surface area (Å²) < 4.78 is 30.4. The molecule has 2 aromatic carbocycles. The van der Waals surface area contributed by atoms with E-state index in [1.165, 1.54) is 27.4 Å². The lowest BCUT2D eigenvalue weighted by atomic mass is 9.97. The van der Waals surface area contributed by atoms with Gasteiger partial charge in [0.25, 0.3) is 0 Å². The summed E-state index contributed by atoms with van der Waals surface area (Å²) in [5.74, 6) is -1.15. The smallest absolute Gasteiger partial charge is 0.248 e. The normalized spacial score (nSPS) is 25.6. The Morgan fingerprint density at radius 3 is 2.30 bits per heavy atom. The predicted octanol–water partition coefficient (Wildman–Crippen LogP) is 3.43. The van der Waals surface area contributed by atoms with E-state index in [-0.39, 0.29) is 58.2 Å². The molecule has 2 saturated heterocycles. The molecule has 4 fully saturated rings. The molecule has 3 amide bonds. The van der Waals surface area contributed by atoms with Gasteiger partial charge in [0.05, 0.1) is 11.6 Å². The molecule has 0 radical (unpaired) electrons. The molecule has 13 heteroatoms. The number of piperazine rings is 1. The van der Waals surface area contributed by atoms with Crippen LogP contribution in [0.5, 0.6) is 0 Å². The summed E-state index contributed by atoms with van der Waals surface area (Å²) in [5, 5.41) is 3.01. The van der Waals surface area contributed by atoms with Crippen molar-refractivity contribution in [3.8, 4) is 0 Å². The molecule has 0 bridgehead atoms. The molecule has 4 aliphatic rings. The average molecular weight is 670 g/mol. The fourth-order valence-corrected chi connectivity index (χ4v) is 8.12. The zero-order chi connectivity index (χ0) is 28.3. The maximum absolute atomic E-state index is 14.2. The Balaban J connectivity index is 1.43. The number of amides is 3. The van der Waals surface area contributed by atoms with Crippen molar-refractivity contribution in [1.82, 2.24) is 19.4 Å². The minimum Gasteiger partial charge on any atom is -0.343 e. The van der Waals surface area contributed by atoms with Gasteiger partial charge in [-0.3, -0.25) is 14.4 Å². The molecule has 2 aliphatic heterocycles. The fourth-order valence-electron chi connectivity index (χ4n) is 5.52. The highest BCUT2D eigenvalue weighted by atomic mass is 79.9. The van der Waals surface area contributed by atoms with Crippen LogP contribution in [0, 0.1) is 5.92 Å². The van der Waals surface area contributed by atoms with E-state index in [2.05, 4.69) is 21.2 Å². The first-order valence-corrected chi connectivity index (χ1v) is 16.2. The summed E-state index contributed by atoms with van der Waals surface area (Å²) >= 11 is 15.8. The van der Waals surface area contributed by atoms with Gasteiger partial charge in [0, 0.05) is 34.4 Å². The highest BCUT2D eigenvalue weighted by molar-refractivity contribution is 9.10. The summed E-state index contributed by atoms with van der Waals surface area (Å²) in [5.41, 5.74) is 0.824. The van der Waals surface area contributed by atoms with Crippen molar-refractivity contribution in [3.05, 3.63) is 62.5 Å². The van der Waals surface area contributed by atoms with Crippen LogP contribution in [0.1, 0.15) is 31.2 Å². The molecule has 40 heavy (non-hydrogen) atoms. The Labute approximate surface area is 250 Å². The van der Waals surface area contributed by atoms with Crippen LogP contribution in [0.25, 0.3) is 0 Å². The zero-order valence-electron chi connectivity index (χ0n) is 21.3. The van der Waals surface area contributed by atoms with Crippen LogP contribution in [0.15, 0.2) is 51.8 Å². The van der Waals surface area contributed by atoms with Crippen LogP contribution in [0.2, 0.25) is 10.0 Å². The van der Waals surface area contributed by atoms with E-state index < -0.39 is 34.2 Å². The summed E-state index contributed by atoms with van der Waals surface area (Å²) in [7, 11) is -4.27. The zero-order valence-corrected chi connectivity index (χ0v) is 25.2. The Morgan fingerprint density at radius 1 is 0.975 bits per heavy atom. The Hall–Kier alpha value is -2.18. The molecular weight excluding hydrogens is 643 g/mol. The number of rotatable bonds is 7. The van der Waals surface area contributed by atoms with Crippen molar-refractivity contribution in [2.24, 2.45) is 5.92 Å². The summed E-state index contributed by atoms with van der Waals surface area (Å²) in [4.78, 5) is 43.6. The maximum atomic E-state index is 14.2. The van der Waals surface area contributed by atoms with Gasteiger partial charge >= 0.3 is 0 Å². The number of carbonyl (C=O) groups is 3. The molecule has 2 heterocycles. The highest BCUT2D eigenvalue weighted by Crippen LogP contribution is 2.38. The van der Waals surface area contributed by atoms with Gasteiger partial charge in [-0.05, 0) is 61.6 Å². The second kappa shape index (κ2) is 10.6. The summed E-state index contributed by atoms with van der Waals surface area (Å²) in [6, 6.07) is 9.51. The van der Waals surface area contributed by atoms with E-state index in [1.807, 2.05) is 24.3 Å². The lowest BCUT2D eigenvalue weighted by Crippen LogP contribution is -2.76. The predicted molar refractivity (Wildman–Crippen MR) is 152 cm³/mol. The second-order valence-electron chi connectivity index (χ2n) is 10.8. The van der Waals surface area contributed by atoms with Crippen LogP contribution in [0.3, 0.4) is 0 Å². The molecule has 0 spiro atoms. The van der Waals surface area contributed by atoms with E-state index in [0.717, 1.165) is 35.7 Å². The molecule has 212 valence electrons. The Bertz CT molecular complexity index is 1480. The Kier molecular flexibility index (Phi) is 7.40. The van der Waals surface area contributed by atoms with Crippen LogP contribution < -0.4 is 5.32 Å². The van der Waals surface area contributed by atoms with Crippen molar-refractivity contribution in [2.75, 3.05) is 13.1 Å². The van der Waals surface area contributed by atoms with E-state index in [4.69, 9.17) is 23.2 Å². The molecule has 3 atom stereocenters. The number of nitrogens with one attached hydrogen (secondary N) is 1. The largest absolute Gasteiger partial charge is 0.343 e. The Morgan fingerprint density at radius 2 is 1.68 bits per heavy atom. The highest BCUT2D eigenvalue weighted by Gasteiger charge is 2.56. The molecule has 2 saturated carbocycles. The van der Waals surface area contributed by atoms with E-state index >= 15 is 0 Å². The van der Waals surface area contributed by atoms with Crippen molar-refractivity contribution in [1.29, 1.82) is 0 Å². The number of hydrogen-bond acceptors (Lipinski definition) is 5. The summed E-state index contributed by atoms with van der Waals surface area (Å²) in [6.07, 6.45) is 2.35. The first kappa shape index (κ1) is 28.0. The lowest BCUT2D eigenvalue weighted by Gasteiger charge is -2.53. The maximum Gasteiger partial charge on any atom is 0.248 e. The number of hydrogen-bond donors (Lipinski definition) is 1. The first-order chi connectivity index (χ1) is 19.0. The standard InChI is InChI=1S/C27H27BrCl2N4O5S/c28-17-5-1-15(2-6-17)11-22-27(37)32(19-8-9-19)14-24-33(40(38,39)23-10-7-18(29)12-20(23)30)13-21(26(36)34(22)24)31-25(35)16-3-4-16/h1-2,5-7,10,12,16,19,21-22,24H,3-4,8-9,11,13-14H2,(H,31,35). The quantitative estimate of drug-likeness (QED) is 0.486. The first-order valence-electron chi connectivity index (χ1n) is 13.2. The number of halogens is 3. The van der Waals surface area contributed by atoms with Crippen molar-refractivity contribution < 1.29 is 22.8 Å². The van der Waals surface area contributed by atoms with Gasteiger partial charge in [0.1, 0.15) is 23.1 Å². The van der Waals surface area contributed by atoms with Gasteiger partial charge in [-0.2, -0.15) is 4.31 Å². The van der Waals surface area contributed by atoms with Crippen LogP contribution in [-0.2, 0) is 30.8 Å². The molecule has 0 aromatic heterocycles. The number of nitrogens with zero attached hydrogens (tertiary/aromatic N) is 3. The van der Waals surface area contributed by atoms with E-state index in [0.29, 0.717) is 0 Å². The van der Waals surface area contributed by atoms with Gasteiger partial charge in [0.15, 0.2) is 0 Å². The average Bonchev–Trinajstić information content (AvgIpc) is 3.81. The van der Waals surface area contributed by atoms with Gasteiger partial charge < -0.3 is 15.1 Å². The molecule has 1 N–H and O–H groups in total. The molecule has 2 aromatic rings. The number of sulfonamides is 1. The number of carbonyl (C=O) groups excluding carboxylic acids is 3. The van der Waals surface area contributed by atoms with Crippen molar-refractivity contribution in [2.45, 2.75) is 61.3 Å². The molecular formula is C27H27BrCl2N4O5S. The van der Waals surface area contributed by atoms with Crippen LogP contribution in [-0.4, -0.2) is 77.6 Å². The van der Waals surface area contributed by atoms with Crippen LogP contribution >= 0.6 is 39.1 Å². The fraction of sp³-hybridized carbons (Fsp3) is 0.444. The van der Waals surface area contributed by atoms with Gasteiger partial charge in [-0.1, -0.05) is 51.3 Å². The van der Waals surface area contributed by atoms with Crippen molar-refractivity contribution in [3.63, 3.8) is 0 Å². The molecule has 9 nitrogen and oxygen atoms in total. The lowest BCUT2D eigenvalue weighted by molar-refractivity contribution is -0.168. The summed E-state index contributed by atoms with van der Waals surface area (Å²) in [6.45, 7) is -0.225. The minimum atomic E-state index is -4.27. The van der Waals surface area contributed by atoms with Crippen LogP contribution in [0.4, 0.5) is 0 Å². The second-order valence-corrected chi connectivity index (χ2v) is 14.4. The van der Waals surface area contributed by atoms with Gasteiger partial charge in [0.2, 0.25) is 27.7 Å². The number of benzene rings is 2. The SMILES string of the molecule is O=C(NC1CN(S(=O)(=O)c2ccc(Cl)cc2Cl)C2CN(C3CC3)C(=O)C(Cc3ccc(Br)cc3)N2C1=O)C1CC1. The third kappa shape index (κ3) is 5.27. The molecule has 6 rings (SSSR count). The topological polar surface area (TPSA) is 107 Å². The number of fused-ring (bicyclic) bond motifs is 1.